The maximum absolute atomic E-state index is 11.0. The largest absolute Gasteiger partial charge is 0.497 e. The van der Waals surface area contributed by atoms with Crippen LogP contribution in [0.4, 0.5) is 5.69 Å². The van der Waals surface area contributed by atoms with E-state index in [4.69, 9.17) is 4.74 Å². The van der Waals surface area contributed by atoms with Crippen molar-refractivity contribution in [1.82, 2.24) is 0 Å². The van der Waals surface area contributed by atoms with Crippen LogP contribution >= 0.6 is 11.8 Å². The van der Waals surface area contributed by atoms with Gasteiger partial charge in [-0.3, -0.25) is 4.79 Å². The summed E-state index contributed by atoms with van der Waals surface area (Å²) < 4.78 is 5.08. The van der Waals surface area contributed by atoms with Crippen LogP contribution in [0, 0.1) is 0 Å². The molecular weight excluding hydrogens is 186 g/mol. The second-order valence-corrected chi connectivity index (χ2v) is 3.72. The summed E-state index contributed by atoms with van der Waals surface area (Å²) in [6.45, 7) is 0. The van der Waals surface area contributed by atoms with E-state index in [1.165, 1.54) is 11.8 Å². The fourth-order valence-electron chi connectivity index (χ4n) is 1.18. The molecule has 0 fully saturated rings. The Morgan fingerprint density at radius 2 is 2.38 bits per heavy atom. The molecule has 4 heteroatoms. The van der Waals surface area contributed by atoms with Crippen LogP contribution in [0.3, 0.4) is 0 Å². The predicted octanol–water partition coefficient (Wildman–Crippen LogP) is 1.74. The molecule has 3 nitrogen and oxygen atoms in total. The molecule has 0 spiro atoms. The summed E-state index contributed by atoms with van der Waals surface area (Å²) in [5.41, 5.74) is 0.877. The van der Waals surface area contributed by atoms with Gasteiger partial charge >= 0.3 is 0 Å². The monoisotopic (exact) mass is 195 g/mol. The molecule has 0 bridgehead atoms. The SMILES string of the molecule is COc1ccc2c(c1)SCC(=O)N2. The van der Waals surface area contributed by atoms with Crippen molar-refractivity contribution in [3.05, 3.63) is 18.2 Å². The van der Waals surface area contributed by atoms with Gasteiger partial charge in [0.2, 0.25) is 5.91 Å². The third-order valence-corrected chi connectivity index (χ3v) is 2.88. The van der Waals surface area contributed by atoms with Gasteiger partial charge in [-0.1, -0.05) is 0 Å². The Labute approximate surface area is 80.5 Å². The zero-order valence-corrected chi connectivity index (χ0v) is 7.98. The Balaban J connectivity index is 2.36. The van der Waals surface area contributed by atoms with Crippen molar-refractivity contribution >= 4 is 23.4 Å². The molecule has 1 aliphatic rings. The standard InChI is InChI=1S/C9H9NO2S/c1-12-6-2-3-7-8(4-6)13-5-9(11)10-7/h2-4H,5H2,1H3,(H,10,11). The van der Waals surface area contributed by atoms with Crippen LogP contribution in [0.5, 0.6) is 5.75 Å². The van der Waals surface area contributed by atoms with Crippen LogP contribution in [0.2, 0.25) is 0 Å². The van der Waals surface area contributed by atoms with Crippen molar-refractivity contribution in [2.75, 3.05) is 18.2 Å². The molecule has 1 amide bonds. The van der Waals surface area contributed by atoms with Gasteiger partial charge in [-0.15, -0.1) is 11.8 Å². The third kappa shape index (κ3) is 1.62. The van der Waals surface area contributed by atoms with Crippen molar-refractivity contribution < 1.29 is 9.53 Å². The highest BCUT2D eigenvalue weighted by molar-refractivity contribution is 8.00. The summed E-state index contributed by atoms with van der Waals surface area (Å²) in [6.07, 6.45) is 0. The van der Waals surface area contributed by atoms with Gasteiger partial charge in [0.15, 0.2) is 0 Å². The van der Waals surface area contributed by atoms with E-state index < -0.39 is 0 Å². The lowest BCUT2D eigenvalue weighted by molar-refractivity contribution is -0.113. The summed E-state index contributed by atoms with van der Waals surface area (Å²) in [7, 11) is 1.63. The smallest absolute Gasteiger partial charge is 0.234 e. The van der Waals surface area contributed by atoms with Crippen molar-refractivity contribution in [2.45, 2.75) is 4.90 Å². The Hall–Kier alpha value is -1.16. The van der Waals surface area contributed by atoms with E-state index in [1.54, 1.807) is 7.11 Å². The van der Waals surface area contributed by atoms with Crippen LogP contribution in [0.15, 0.2) is 23.1 Å². The van der Waals surface area contributed by atoms with Crippen LogP contribution in [-0.4, -0.2) is 18.8 Å². The molecule has 0 saturated heterocycles. The first kappa shape index (κ1) is 8.44. The number of methoxy groups -OCH3 is 1. The van der Waals surface area contributed by atoms with E-state index in [0.29, 0.717) is 5.75 Å². The lowest BCUT2D eigenvalue weighted by atomic mass is 10.3. The van der Waals surface area contributed by atoms with Gasteiger partial charge < -0.3 is 10.1 Å². The summed E-state index contributed by atoms with van der Waals surface area (Å²) in [5.74, 6) is 1.37. The number of amides is 1. The lowest BCUT2D eigenvalue weighted by Crippen LogP contribution is -2.18. The van der Waals surface area contributed by atoms with E-state index in [9.17, 15) is 4.79 Å². The molecule has 1 aromatic rings. The van der Waals surface area contributed by atoms with Gasteiger partial charge in [0.25, 0.3) is 0 Å². The Bertz CT molecular complexity index is 351. The first-order chi connectivity index (χ1) is 6.29. The maximum atomic E-state index is 11.0. The van der Waals surface area contributed by atoms with E-state index >= 15 is 0 Å². The molecule has 0 aliphatic carbocycles. The Morgan fingerprint density at radius 1 is 1.54 bits per heavy atom. The van der Waals surface area contributed by atoms with Crippen LogP contribution in [-0.2, 0) is 4.79 Å². The molecule has 1 aromatic carbocycles. The number of ether oxygens (including phenoxy) is 1. The molecule has 13 heavy (non-hydrogen) atoms. The average Bonchev–Trinajstić information content (AvgIpc) is 2.17. The van der Waals surface area contributed by atoms with Gasteiger partial charge in [0, 0.05) is 4.90 Å². The summed E-state index contributed by atoms with van der Waals surface area (Å²) in [6, 6.07) is 5.63. The molecule has 0 atom stereocenters. The summed E-state index contributed by atoms with van der Waals surface area (Å²) >= 11 is 1.53. The van der Waals surface area contributed by atoms with Crippen LogP contribution < -0.4 is 10.1 Å². The van der Waals surface area contributed by atoms with Crippen LogP contribution in [0.25, 0.3) is 0 Å². The fraction of sp³-hybridized carbons (Fsp3) is 0.222. The quantitative estimate of drug-likeness (QED) is 0.741. The normalized spacial score (nSPS) is 14.7. The molecule has 2 rings (SSSR count). The second kappa shape index (κ2) is 3.30. The van der Waals surface area contributed by atoms with Gasteiger partial charge in [0.1, 0.15) is 5.75 Å². The van der Waals surface area contributed by atoms with Gasteiger partial charge in [-0.05, 0) is 18.2 Å². The Morgan fingerprint density at radius 3 is 3.15 bits per heavy atom. The molecule has 68 valence electrons. The van der Waals surface area contributed by atoms with E-state index in [2.05, 4.69) is 5.32 Å². The Kier molecular flexibility index (Phi) is 2.14. The molecular formula is C9H9NO2S. The van der Waals surface area contributed by atoms with E-state index in [1.807, 2.05) is 18.2 Å². The highest BCUT2D eigenvalue weighted by Crippen LogP contribution is 2.33. The van der Waals surface area contributed by atoms with E-state index in [-0.39, 0.29) is 5.91 Å². The number of nitrogens with one attached hydrogen (secondary N) is 1. The summed E-state index contributed by atoms with van der Waals surface area (Å²) in [4.78, 5) is 12.1. The maximum Gasteiger partial charge on any atom is 0.234 e. The highest BCUT2D eigenvalue weighted by Gasteiger charge is 2.15. The van der Waals surface area contributed by atoms with Crippen molar-refractivity contribution in [2.24, 2.45) is 0 Å². The minimum absolute atomic E-state index is 0.0580. The number of carbonyl (C=O) groups is 1. The number of hydrogen-bond acceptors (Lipinski definition) is 3. The second-order valence-electron chi connectivity index (χ2n) is 2.70. The highest BCUT2D eigenvalue weighted by atomic mass is 32.2. The zero-order chi connectivity index (χ0) is 9.26. The number of benzene rings is 1. The lowest BCUT2D eigenvalue weighted by Gasteiger charge is -2.16. The molecule has 0 saturated carbocycles. The first-order valence-electron chi connectivity index (χ1n) is 3.90. The average molecular weight is 195 g/mol. The molecule has 0 radical (unpaired) electrons. The minimum Gasteiger partial charge on any atom is -0.497 e. The molecule has 0 aromatic heterocycles. The number of anilines is 1. The third-order valence-electron chi connectivity index (χ3n) is 1.82. The van der Waals surface area contributed by atoms with Gasteiger partial charge in [-0.2, -0.15) is 0 Å². The van der Waals surface area contributed by atoms with Gasteiger partial charge in [-0.25, -0.2) is 0 Å². The molecule has 1 heterocycles. The van der Waals surface area contributed by atoms with Crippen molar-refractivity contribution in [3.63, 3.8) is 0 Å². The topological polar surface area (TPSA) is 38.3 Å². The number of fused-ring (bicyclic) bond motifs is 1. The fourth-order valence-corrected chi connectivity index (χ4v) is 2.01. The van der Waals surface area contributed by atoms with Crippen LogP contribution in [0.1, 0.15) is 0 Å². The van der Waals surface area contributed by atoms with E-state index in [0.717, 1.165) is 16.3 Å². The molecule has 1 N–H and O–H groups in total. The van der Waals surface area contributed by atoms with Gasteiger partial charge in [0.05, 0.1) is 18.6 Å². The van der Waals surface area contributed by atoms with Crippen molar-refractivity contribution in [3.8, 4) is 5.75 Å². The first-order valence-corrected chi connectivity index (χ1v) is 4.89. The number of thioether (sulfide) groups is 1. The number of rotatable bonds is 1. The molecule has 0 unspecified atom stereocenters. The zero-order valence-electron chi connectivity index (χ0n) is 7.16. The van der Waals surface area contributed by atoms with Crippen molar-refractivity contribution in [1.29, 1.82) is 0 Å². The summed E-state index contributed by atoms with van der Waals surface area (Å²) in [5, 5.41) is 2.80. The predicted molar refractivity (Wildman–Crippen MR) is 52.3 cm³/mol. The number of hydrogen-bond donors (Lipinski definition) is 1. The minimum atomic E-state index is 0.0580. The number of carbonyl (C=O) groups excluding carboxylic acids is 1. The molecule has 1 aliphatic heterocycles.